The van der Waals surface area contributed by atoms with E-state index in [9.17, 15) is 4.79 Å². The summed E-state index contributed by atoms with van der Waals surface area (Å²) in [7, 11) is 0. The van der Waals surface area contributed by atoms with Crippen molar-refractivity contribution in [2.24, 2.45) is 5.10 Å². The SMILES string of the molecule is O=C(N/N=C(/c1ccccc1)c1ccncc1)c1ccccn1. The molecule has 0 atom stereocenters. The first kappa shape index (κ1) is 14.6. The van der Waals surface area contributed by atoms with Crippen molar-refractivity contribution < 1.29 is 4.79 Å². The Kier molecular flexibility index (Phi) is 4.49. The molecule has 0 radical (unpaired) electrons. The zero-order valence-corrected chi connectivity index (χ0v) is 12.3. The number of hydrogen-bond acceptors (Lipinski definition) is 4. The Labute approximate surface area is 133 Å². The van der Waals surface area contributed by atoms with Gasteiger partial charge in [0.15, 0.2) is 0 Å². The molecule has 112 valence electrons. The Morgan fingerprint density at radius 1 is 0.826 bits per heavy atom. The lowest BCUT2D eigenvalue weighted by Gasteiger charge is -2.07. The van der Waals surface area contributed by atoms with Crippen molar-refractivity contribution in [2.75, 3.05) is 0 Å². The highest BCUT2D eigenvalue weighted by atomic mass is 16.2. The van der Waals surface area contributed by atoms with Crippen LogP contribution < -0.4 is 5.43 Å². The molecule has 0 aliphatic heterocycles. The summed E-state index contributed by atoms with van der Waals surface area (Å²) in [5.74, 6) is -0.354. The number of rotatable bonds is 4. The molecule has 3 rings (SSSR count). The predicted molar refractivity (Wildman–Crippen MR) is 88.0 cm³/mol. The zero-order chi connectivity index (χ0) is 15.9. The fourth-order valence-corrected chi connectivity index (χ4v) is 2.06. The van der Waals surface area contributed by atoms with Crippen molar-refractivity contribution in [3.05, 3.63) is 96.1 Å². The summed E-state index contributed by atoms with van der Waals surface area (Å²) in [6.07, 6.45) is 4.95. The van der Waals surface area contributed by atoms with E-state index >= 15 is 0 Å². The second-order valence-corrected chi connectivity index (χ2v) is 4.72. The molecule has 23 heavy (non-hydrogen) atoms. The molecule has 2 heterocycles. The highest BCUT2D eigenvalue weighted by molar-refractivity contribution is 6.13. The molecular formula is C18H14N4O. The number of nitrogens with one attached hydrogen (secondary N) is 1. The molecule has 0 unspecified atom stereocenters. The van der Waals surface area contributed by atoms with E-state index in [2.05, 4.69) is 20.5 Å². The van der Waals surface area contributed by atoms with Gasteiger partial charge in [-0.2, -0.15) is 5.10 Å². The molecule has 2 aromatic heterocycles. The van der Waals surface area contributed by atoms with Crippen LogP contribution in [0.5, 0.6) is 0 Å². The van der Waals surface area contributed by atoms with Crippen LogP contribution in [0.3, 0.4) is 0 Å². The van der Waals surface area contributed by atoms with Gasteiger partial charge in [-0.1, -0.05) is 36.4 Å². The summed E-state index contributed by atoms with van der Waals surface area (Å²) in [5, 5.41) is 4.29. The highest BCUT2D eigenvalue weighted by Crippen LogP contribution is 2.09. The molecule has 0 aliphatic carbocycles. The first-order chi connectivity index (χ1) is 11.3. The molecular weight excluding hydrogens is 288 g/mol. The fraction of sp³-hybridized carbons (Fsp3) is 0. The molecule has 0 saturated carbocycles. The van der Waals surface area contributed by atoms with Crippen molar-refractivity contribution >= 4 is 11.6 Å². The summed E-state index contributed by atoms with van der Waals surface area (Å²) in [6, 6.07) is 18.5. The number of amides is 1. The maximum absolute atomic E-state index is 12.1. The molecule has 0 saturated heterocycles. The lowest BCUT2D eigenvalue weighted by atomic mass is 10.0. The number of carbonyl (C=O) groups excluding carboxylic acids is 1. The summed E-state index contributed by atoms with van der Waals surface area (Å²) >= 11 is 0. The number of benzene rings is 1. The van der Waals surface area contributed by atoms with Gasteiger partial charge in [-0.3, -0.25) is 14.8 Å². The highest BCUT2D eigenvalue weighted by Gasteiger charge is 2.09. The molecule has 1 amide bonds. The lowest BCUT2D eigenvalue weighted by Crippen LogP contribution is -2.21. The molecule has 0 bridgehead atoms. The molecule has 0 aliphatic rings. The van der Waals surface area contributed by atoms with E-state index < -0.39 is 0 Å². The average Bonchev–Trinajstić information content (AvgIpc) is 2.64. The van der Waals surface area contributed by atoms with Gasteiger partial charge in [0, 0.05) is 29.7 Å². The quantitative estimate of drug-likeness (QED) is 0.595. The van der Waals surface area contributed by atoms with Crippen LogP contribution in [0, 0.1) is 0 Å². The van der Waals surface area contributed by atoms with E-state index in [0.29, 0.717) is 11.4 Å². The first-order valence-electron chi connectivity index (χ1n) is 7.09. The van der Waals surface area contributed by atoms with Crippen LogP contribution in [-0.4, -0.2) is 21.6 Å². The van der Waals surface area contributed by atoms with Crippen LogP contribution in [-0.2, 0) is 0 Å². The van der Waals surface area contributed by atoms with Crippen LogP contribution in [0.1, 0.15) is 21.6 Å². The van der Waals surface area contributed by atoms with Crippen LogP contribution in [0.4, 0.5) is 0 Å². The predicted octanol–water partition coefficient (Wildman–Crippen LogP) is 2.66. The standard InChI is InChI=1S/C18H14N4O/c23-18(16-8-4-5-11-20-16)22-21-17(14-6-2-1-3-7-14)15-9-12-19-13-10-15/h1-13H,(H,22,23)/b21-17-. The van der Waals surface area contributed by atoms with Crippen molar-refractivity contribution in [3.8, 4) is 0 Å². The first-order valence-corrected chi connectivity index (χ1v) is 7.09. The molecule has 5 heteroatoms. The summed E-state index contributed by atoms with van der Waals surface area (Å²) in [4.78, 5) is 20.1. The van der Waals surface area contributed by atoms with Crippen LogP contribution >= 0.6 is 0 Å². The third-order valence-electron chi connectivity index (χ3n) is 3.17. The lowest BCUT2D eigenvalue weighted by molar-refractivity contribution is 0.0950. The monoisotopic (exact) mass is 302 g/mol. The third-order valence-corrected chi connectivity index (χ3v) is 3.17. The number of hydrazone groups is 1. The van der Waals surface area contributed by atoms with Gasteiger partial charge in [-0.25, -0.2) is 5.43 Å². The zero-order valence-electron chi connectivity index (χ0n) is 12.3. The Morgan fingerprint density at radius 3 is 2.22 bits per heavy atom. The second kappa shape index (κ2) is 7.09. The van der Waals surface area contributed by atoms with Gasteiger partial charge in [0.05, 0.1) is 5.71 Å². The number of carbonyl (C=O) groups is 1. The van der Waals surface area contributed by atoms with Crippen molar-refractivity contribution in [2.45, 2.75) is 0 Å². The summed E-state index contributed by atoms with van der Waals surface area (Å²) < 4.78 is 0. The Morgan fingerprint density at radius 2 is 1.52 bits per heavy atom. The van der Waals surface area contributed by atoms with E-state index in [1.54, 1.807) is 36.8 Å². The molecule has 0 fully saturated rings. The maximum atomic E-state index is 12.1. The van der Waals surface area contributed by atoms with E-state index in [1.807, 2.05) is 42.5 Å². The van der Waals surface area contributed by atoms with Gasteiger partial charge < -0.3 is 0 Å². The number of nitrogens with zero attached hydrogens (tertiary/aromatic N) is 3. The average molecular weight is 302 g/mol. The van der Waals surface area contributed by atoms with Crippen LogP contribution in [0.2, 0.25) is 0 Å². The topological polar surface area (TPSA) is 67.2 Å². The number of hydrogen-bond donors (Lipinski definition) is 1. The Bertz CT molecular complexity index is 761. The minimum atomic E-state index is -0.354. The van der Waals surface area contributed by atoms with Crippen LogP contribution in [0.25, 0.3) is 0 Å². The van der Waals surface area contributed by atoms with E-state index in [4.69, 9.17) is 0 Å². The van der Waals surface area contributed by atoms with Crippen LogP contribution in [0.15, 0.2) is 84.4 Å². The van der Waals surface area contributed by atoms with Gasteiger partial charge >= 0.3 is 0 Å². The van der Waals surface area contributed by atoms with Gasteiger partial charge in [0.1, 0.15) is 5.69 Å². The number of aromatic nitrogens is 2. The van der Waals surface area contributed by atoms with Gasteiger partial charge in [0.25, 0.3) is 5.91 Å². The van der Waals surface area contributed by atoms with Gasteiger partial charge in [-0.05, 0) is 24.3 Å². The smallest absolute Gasteiger partial charge is 0.266 e. The summed E-state index contributed by atoms with van der Waals surface area (Å²) in [6.45, 7) is 0. The third kappa shape index (κ3) is 3.65. The molecule has 1 aromatic carbocycles. The van der Waals surface area contributed by atoms with Crippen molar-refractivity contribution in [3.63, 3.8) is 0 Å². The Balaban J connectivity index is 1.91. The second-order valence-electron chi connectivity index (χ2n) is 4.72. The fourth-order valence-electron chi connectivity index (χ4n) is 2.06. The number of pyridine rings is 2. The minimum absolute atomic E-state index is 0.318. The molecule has 0 spiro atoms. The molecule has 1 N–H and O–H groups in total. The van der Waals surface area contributed by atoms with Crippen molar-refractivity contribution in [1.29, 1.82) is 0 Å². The van der Waals surface area contributed by atoms with Crippen molar-refractivity contribution in [1.82, 2.24) is 15.4 Å². The van der Waals surface area contributed by atoms with Gasteiger partial charge in [-0.15, -0.1) is 0 Å². The largest absolute Gasteiger partial charge is 0.289 e. The van der Waals surface area contributed by atoms with E-state index in [1.165, 1.54) is 0 Å². The van der Waals surface area contributed by atoms with E-state index in [-0.39, 0.29) is 5.91 Å². The molecule has 5 nitrogen and oxygen atoms in total. The van der Waals surface area contributed by atoms with Gasteiger partial charge in [0.2, 0.25) is 0 Å². The minimum Gasteiger partial charge on any atom is -0.266 e. The summed E-state index contributed by atoms with van der Waals surface area (Å²) in [5.41, 5.74) is 5.32. The normalized spacial score (nSPS) is 11.0. The maximum Gasteiger partial charge on any atom is 0.289 e. The molecule has 3 aromatic rings. The van der Waals surface area contributed by atoms with E-state index in [0.717, 1.165) is 11.1 Å². The Hall–Kier alpha value is -3.34.